The molecule has 0 spiro atoms. The molecule has 0 bridgehead atoms. The summed E-state index contributed by atoms with van der Waals surface area (Å²) >= 11 is 0. The molecule has 0 radical (unpaired) electrons. The van der Waals surface area contributed by atoms with Gasteiger partial charge in [0, 0.05) is 24.5 Å². The molecule has 1 atom stereocenters. The molecule has 8 nitrogen and oxygen atoms in total. The molecule has 0 aliphatic carbocycles. The van der Waals surface area contributed by atoms with E-state index in [0.717, 1.165) is 41.7 Å². The number of anilines is 2. The number of ether oxygens (including phenoxy) is 2. The molecule has 2 heterocycles. The van der Waals surface area contributed by atoms with Crippen LogP contribution in [-0.2, 0) is 4.74 Å². The first kappa shape index (κ1) is 20.0. The smallest absolute Gasteiger partial charge is 0.222 e. The zero-order chi connectivity index (χ0) is 21.1. The van der Waals surface area contributed by atoms with Gasteiger partial charge in [-0.05, 0) is 49.7 Å². The minimum atomic E-state index is -0.435. The van der Waals surface area contributed by atoms with Gasteiger partial charge in [0.25, 0.3) is 0 Å². The van der Waals surface area contributed by atoms with Gasteiger partial charge >= 0.3 is 0 Å². The van der Waals surface area contributed by atoms with Crippen LogP contribution in [0.2, 0.25) is 0 Å². The van der Waals surface area contributed by atoms with E-state index in [0.29, 0.717) is 13.2 Å². The van der Waals surface area contributed by atoms with Crippen molar-refractivity contribution in [2.75, 3.05) is 43.6 Å². The van der Waals surface area contributed by atoms with Crippen molar-refractivity contribution in [3.05, 3.63) is 53.6 Å². The summed E-state index contributed by atoms with van der Waals surface area (Å²) in [7, 11) is 1.66. The Morgan fingerprint density at radius 3 is 2.50 bits per heavy atom. The van der Waals surface area contributed by atoms with Crippen LogP contribution in [0.3, 0.4) is 0 Å². The molecular formula is C22H28N6O2. The first-order valence-corrected chi connectivity index (χ1v) is 10.1. The van der Waals surface area contributed by atoms with Crippen LogP contribution in [0.5, 0.6) is 5.75 Å². The highest BCUT2D eigenvalue weighted by atomic mass is 16.5. The SMILES string of the molecule is COc1ccc(N2C(N3CCOCC3)=NC(N)=NC2Nc2ccc(C)cc2C)cc1. The summed E-state index contributed by atoms with van der Waals surface area (Å²) in [6.45, 7) is 6.97. The molecule has 1 fully saturated rings. The first-order chi connectivity index (χ1) is 14.5. The molecule has 0 saturated carbocycles. The van der Waals surface area contributed by atoms with Crippen molar-refractivity contribution < 1.29 is 9.47 Å². The van der Waals surface area contributed by atoms with E-state index in [-0.39, 0.29) is 5.96 Å². The van der Waals surface area contributed by atoms with Crippen LogP contribution < -0.4 is 20.7 Å². The van der Waals surface area contributed by atoms with Crippen LogP contribution in [0.25, 0.3) is 0 Å². The van der Waals surface area contributed by atoms with Crippen molar-refractivity contribution in [3.8, 4) is 5.75 Å². The van der Waals surface area contributed by atoms with Crippen LogP contribution in [-0.4, -0.2) is 56.5 Å². The number of guanidine groups is 2. The summed E-state index contributed by atoms with van der Waals surface area (Å²) in [6, 6.07) is 14.2. The third-order valence-corrected chi connectivity index (χ3v) is 5.24. The van der Waals surface area contributed by atoms with Crippen molar-refractivity contribution in [1.82, 2.24) is 4.90 Å². The second-order valence-corrected chi connectivity index (χ2v) is 7.40. The van der Waals surface area contributed by atoms with Crippen molar-refractivity contribution in [1.29, 1.82) is 0 Å². The van der Waals surface area contributed by atoms with Gasteiger partial charge in [0.1, 0.15) is 5.75 Å². The summed E-state index contributed by atoms with van der Waals surface area (Å²) in [6.07, 6.45) is -0.435. The Morgan fingerprint density at radius 1 is 1.10 bits per heavy atom. The van der Waals surface area contributed by atoms with Gasteiger partial charge in [-0.15, -0.1) is 0 Å². The topological polar surface area (TPSA) is 87.7 Å². The van der Waals surface area contributed by atoms with Gasteiger partial charge in [-0.25, -0.2) is 4.99 Å². The van der Waals surface area contributed by atoms with Gasteiger partial charge in [0.05, 0.1) is 20.3 Å². The Kier molecular flexibility index (Phi) is 5.76. The van der Waals surface area contributed by atoms with E-state index in [2.05, 4.69) is 57.1 Å². The summed E-state index contributed by atoms with van der Waals surface area (Å²) in [5.74, 6) is 1.81. The molecule has 158 valence electrons. The molecule has 30 heavy (non-hydrogen) atoms. The van der Waals surface area contributed by atoms with Gasteiger partial charge in [0.15, 0.2) is 0 Å². The second kappa shape index (κ2) is 8.62. The van der Waals surface area contributed by atoms with E-state index in [1.807, 2.05) is 24.3 Å². The minimum Gasteiger partial charge on any atom is -0.497 e. The number of nitrogens with two attached hydrogens (primary N) is 1. The third-order valence-electron chi connectivity index (χ3n) is 5.24. The first-order valence-electron chi connectivity index (χ1n) is 10.1. The molecule has 3 N–H and O–H groups in total. The van der Waals surface area contributed by atoms with E-state index >= 15 is 0 Å². The molecule has 1 unspecified atom stereocenters. The zero-order valence-electron chi connectivity index (χ0n) is 17.6. The van der Waals surface area contributed by atoms with Crippen LogP contribution >= 0.6 is 0 Å². The van der Waals surface area contributed by atoms with Crippen molar-refractivity contribution in [3.63, 3.8) is 0 Å². The molecule has 1 saturated heterocycles. The van der Waals surface area contributed by atoms with Gasteiger partial charge in [-0.1, -0.05) is 17.7 Å². The van der Waals surface area contributed by atoms with Gasteiger partial charge in [0.2, 0.25) is 18.2 Å². The van der Waals surface area contributed by atoms with Crippen molar-refractivity contribution in [2.45, 2.75) is 20.1 Å². The Morgan fingerprint density at radius 2 is 1.83 bits per heavy atom. The highest BCUT2D eigenvalue weighted by molar-refractivity contribution is 6.06. The lowest BCUT2D eigenvalue weighted by Crippen LogP contribution is -2.57. The summed E-state index contributed by atoms with van der Waals surface area (Å²) in [5, 5.41) is 3.54. The number of nitrogens with zero attached hydrogens (tertiary/aromatic N) is 4. The Hall–Kier alpha value is -3.26. The summed E-state index contributed by atoms with van der Waals surface area (Å²) in [4.78, 5) is 13.5. The van der Waals surface area contributed by atoms with Gasteiger partial charge in [-0.3, -0.25) is 4.90 Å². The fraction of sp³-hybridized carbons (Fsp3) is 0.364. The second-order valence-electron chi connectivity index (χ2n) is 7.40. The average molecular weight is 409 g/mol. The van der Waals surface area contributed by atoms with E-state index in [1.54, 1.807) is 7.11 Å². The molecule has 2 aromatic carbocycles. The number of aliphatic imine (C=N–C) groups is 2. The van der Waals surface area contributed by atoms with Crippen LogP contribution in [0.15, 0.2) is 52.4 Å². The molecule has 2 aliphatic heterocycles. The fourth-order valence-electron chi connectivity index (χ4n) is 3.67. The Labute approximate surface area is 177 Å². The molecule has 2 aliphatic rings. The van der Waals surface area contributed by atoms with E-state index in [4.69, 9.17) is 15.2 Å². The van der Waals surface area contributed by atoms with Crippen molar-refractivity contribution in [2.24, 2.45) is 15.7 Å². The highest BCUT2D eigenvalue weighted by Gasteiger charge is 2.32. The number of hydrogen-bond acceptors (Lipinski definition) is 8. The number of benzene rings is 2. The minimum absolute atomic E-state index is 0.253. The number of hydrogen-bond donors (Lipinski definition) is 2. The molecule has 0 amide bonds. The molecule has 2 aromatic rings. The van der Waals surface area contributed by atoms with Crippen molar-refractivity contribution >= 4 is 23.3 Å². The zero-order valence-corrected chi connectivity index (χ0v) is 17.6. The molecule has 8 heteroatoms. The monoisotopic (exact) mass is 408 g/mol. The fourth-order valence-corrected chi connectivity index (χ4v) is 3.67. The number of rotatable bonds is 4. The summed E-state index contributed by atoms with van der Waals surface area (Å²) < 4.78 is 10.9. The lowest BCUT2D eigenvalue weighted by atomic mass is 10.1. The highest BCUT2D eigenvalue weighted by Crippen LogP contribution is 2.27. The van der Waals surface area contributed by atoms with Crippen LogP contribution in [0.4, 0.5) is 11.4 Å². The van der Waals surface area contributed by atoms with Crippen LogP contribution in [0.1, 0.15) is 11.1 Å². The van der Waals surface area contributed by atoms with Gasteiger partial charge < -0.3 is 25.4 Å². The Balaban J connectivity index is 1.72. The van der Waals surface area contributed by atoms with Crippen LogP contribution in [0, 0.1) is 13.8 Å². The predicted octanol–water partition coefficient (Wildman–Crippen LogP) is 2.53. The number of aryl methyl sites for hydroxylation is 2. The quantitative estimate of drug-likeness (QED) is 0.808. The number of nitrogens with one attached hydrogen (secondary N) is 1. The number of methoxy groups -OCH3 is 1. The van der Waals surface area contributed by atoms with E-state index < -0.39 is 6.29 Å². The third kappa shape index (κ3) is 4.18. The molecule has 0 aromatic heterocycles. The van der Waals surface area contributed by atoms with E-state index in [1.165, 1.54) is 5.56 Å². The number of morpholine rings is 1. The standard InChI is InChI=1S/C22H28N6O2/c1-15-4-9-19(16(2)14-15)24-21-25-20(23)26-22(27-10-12-30-13-11-27)28(21)17-5-7-18(29-3)8-6-17/h4-9,14,21,24H,10-13H2,1-3H3,(H2,23,25). The maximum Gasteiger partial charge on any atom is 0.222 e. The molecule has 4 rings (SSSR count). The molecular weight excluding hydrogens is 380 g/mol. The lowest BCUT2D eigenvalue weighted by molar-refractivity contribution is 0.0671. The van der Waals surface area contributed by atoms with Gasteiger partial charge in [-0.2, -0.15) is 4.99 Å². The maximum absolute atomic E-state index is 6.14. The lowest BCUT2D eigenvalue weighted by Gasteiger charge is -2.41. The Bertz CT molecular complexity index is 951. The largest absolute Gasteiger partial charge is 0.497 e. The average Bonchev–Trinajstić information content (AvgIpc) is 2.76. The normalized spacial score (nSPS) is 19.2. The van der Waals surface area contributed by atoms with E-state index in [9.17, 15) is 0 Å². The summed E-state index contributed by atoms with van der Waals surface area (Å²) in [5.41, 5.74) is 10.5. The maximum atomic E-state index is 6.14. The predicted molar refractivity (Wildman–Crippen MR) is 120 cm³/mol.